The number of rotatable bonds is 4. The fourth-order valence-electron chi connectivity index (χ4n) is 3.65. The van der Waals surface area contributed by atoms with Crippen molar-refractivity contribution >= 4 is 17.3 Å². The van der Waals surface area contributed by atoms with Crippen LogP contribution in [0.3, 0.4) is 0 Å². The zero-order valence-corrected chi connectivity index (χ0v) is 17.9. The minimum absolute atomic E-state index is 0.102. The number of aromatic nitrogens is 1. The van der Waals surface area contributed by atoms with E-state index in [-0.39, 0.29) is 11.9 Å². The van der Waals surface area contributed by atoms with Crippen LogP contribution in [0.25, 0.3) is 0 Å². The topological polar surface area (TPSA) is 54.5 Å². The van der Waals surface area contributed by atoms with Crippen LogP contribution in [-0.2, 0) is 0 Å². The van der Waals surface area contributed by atoms with E-state index < -0.39 is 0 Å². The van der Waals surface area contributed by atoms with Crippen LogP contribution in [-0.4, -0.2) is 23.5 Å². The van der Waals surface area contributed by atoms with Gasteiger partial charge in [-0.15, -0.1) is 0 Å². The Balaban J connectivity index is 1.71. The molecule has 2 heterocycles. The van der Waals surface area contributed by atoms with E-state index in [4.69, 9.17) is 4.74 Å². The van der Waals surface area contributed by atoms with Gasteiger partial charge in [0.05, 0.1) is 11.4 Å². The first-order valence-corrected chi connectivity index (χ1v) is 10.4. The van der Waals surface area contributed by atoms with Crippen LogP contribution in [0, 0.1) is 20.8 Å². The lowest BCUT2D eigenvalue weighted by atomic mass is 10.0. The lowest BCUT2D eigenvalue weighted by Crippen LogP contribution is -2.44. The molecule has 0 fully saturated rings. The molecular formula is C25H27N3O2. The minimum atomic E-state index is -0.102. The summed E-state index contributed by atoms with van der Waals surface area (Å²) in [5.41, 5.74) is 5.86. The van der Waals surface area contributed by atoms with Gasteiger partial charge in [0.25, 0.3) is 5.91 Å². The second-order valence-electron chi connectivity index (χ2n) is 7.89. The molecule has 0 bridgehead atoms. The van der Waals surface area contributed by atoms with Gasteiger partial charge in [-0.25, -0.2) is 4.98 Å². The second kappa shape index (κ2) is 8.19. The van der Waals surface area contributed by atoms with Gasteiger partial charge in [-0.3, -0.25) is 4.79 Å². The third-order valence-corrected chi connectivity index (χ3v) is 5.64. The first kappa shape index (κ1) is 20.0. The Morgan fingerprint density at radius 2 is 1.87 bits per heavy atom. The molecule has 0 saturated heterocycles. The van der Waals surface area contributed by atoms with Crippen molar-refractivity contribution in [3.63, 3.8) is 0 Å². The molecular weight excluding hydrogens is 374 g/mol. The molecule has 3 aromatic rings. The van der Waals surface area contributed by atoms with E-state index >= 15 is 0 Å². The number of nitrogens with zero attached hydrogens (tertiary/aromatic N) is 2. The molecule has 5 nitrogen and oxygen atoms in total. The van der Waals surface area contributed by atoms with Crippen LogP contribution in [0.2, 0.25) is 0 Å². The predicted octanol–water partition coefficient (Wildman–Crippen LogP) is 5.65. The molecule has 0 radical (unpaired) electrons. The van der Waals surface area contributed by atoms with Crippen molar-refractivity contribution in [2.45, 2.75) is 40.2 Å². The first-order chi connectivity index (χ1) is 14.5. The van der Waals surface area contributed by atoms with E-state index in [0.29, 0.717) is 23.7 Å². The van der Waals surface area contributed by atoms with Crippen LogP contribution in [0.4, 0.5) is 11.4 Å². The lowest BCUT2D eigenvalue weighted by Gasteiger charge is -2.36. The minimum Gasteiger partial charge on any atom is -0.438 e. The van der Waals surface area contributed by atoms with Gasteiger partial charge < -0.3 is 15.0 Å². The third kappa shape index (κ3) is 3.88. The number of hydrogen-bond donors (Lipinski definition) is 1. The summed E-state index contributed by atoms with van der Waals surface area (Å²) < 4.78 is 5.99. The van der Waals surface area contributed by atoms with Crippen LogP contribution >= 0.6 is 0 Å². The zero-order chi connectivity index (χ0) is 21.3. The highest BCUT2D eigenvalue weighted by Crippen LogP contribution is 2.36. The number of hydrogen-bond acceptors (Lipinski definition) is 4. The number of carbonyl (C=O) groups excluding carboxylic acids is 1. The summed E-state index contributed by atoms with van der Waals surface area (Å²) in [5.74, 6) is 0.880. The summed E-state index contributed by atoms with van der Waals surface area (Å²) >= 11 is 0. The maximum Gasteiger partial charge on any atom is 0.263 e. The van der Waals surface area contributed by atoms with Crippen molar-refractivity contribution in [2.24, 2.45) is 0 Å². The molecule has 5 heteroatoms. The summed E-state index contributed by atoms with van der Waals surface area (Å²) in [6.45, 7) is 8.91. The van der Waals surface area contributed by atoms with Gasteiger partial charge in [0, 0.05) is 18.8 Å². The molecule has 1 aromatic heterocycles. The Kier molecular flexibility index (Phi) is 5.44. The van der Waals surface area contributed by atoms with E-state index in [9.17, 15) is 4.79 Å². The Labute approximate surface area is 177 Å². The molecule has 2 aromatic carbocycles. The quantitative estimate of drug-likeness (QED) is 0.614. The zero-order valence-electron chi connectivity index (χ0n) is 17.9. The number of anilines is 2. The number of amides is 1. The van der Waals surface area contributed by atoms with Gasteiger partial charge in [-0.1, -0.05) is 24.6 Å². The Hall–Kier alpha value is -3.34. The van der Waals surface area contributed by atoms with Crippen molar-refractivity contribution in [1.29, 1.82) is 0 Å². The number of benzene rings is 2. The molecule has 4 rings (SSSR count). The molecule has 1 amide bonds. The number of carbonyl (C=O) groups is 1. The lowest BCUT2D eigenvalue weighted by molar-refractivity contribution is 0.0982. The van der Waals surface area contributed by atoms with E-state index in [1.807, 2.05) is 36.1 Å². The molecule has 1 aliphatic rings. The molecule has 1 aliphatic heterocycles. The molecule has 1 atom stereocenters. The number of aryl methyl sites for hydroxylation is 3. The highest BCUT2D eigenvalue weighted by Gasteiger charge is 2.30. The van der Waals surface area contributed by atoms with E-state index in [2.05, 4.69) is 43.2 Å². The maximum atomic E-state index is 13.7. The SMILES string of the molecule is CCC1CN(C(=O)c2cccnc2Oc2ccc(C)cc2)c2cc(C)c(C)cc2N1. The predicted molar refractivity (Wildman–Crippen MR) is 121 cm³/mol. The van der Waals surface area contributed by atoms with E-state index in [1.165, 1.54) is 5.56 Å². The van der Waals surface area contributed by atoms with Gasteiger partial charge in [-0.05, 0) is 74.7 Å². The van der Waals surface area contributed by atoms with Crippen molar-refractivity contribution < 1.29 is 9.53 Å². The maximum absolute atomic E-state index is 13.7. The number of fused-ring (bicyclic) bond motifs is 1. The molecule has 1 unspecified atom stereocenters. The summed E-state index contributed by atoms with van der Waals surface area (Å²) in [4.78, 5) is 19.9. The number of pyridine rings is 1. The van der Waals surface area contributed by atoms with Crippen LogP contribution in [0.5, 0.6) is 11.6 Å². The third-order valence-electron chi connectivity index (χ3n) is 5.64. The van der Waals surface area contributed by atoms with Crippen molar-refractivity contribution in [3.05, 3.63) is 77.0 Å². The van der Waals surface area contributed by atoms with Crippen molar-refractivity contribution in [1.82, 2.24) is 4.98 Å². The van der Waals surface area contributed by atoms with Crippen LogP contribution in [0.15, 0.2) is 54.7 Å². The highest BCUT2D eigenvalue weighted by molar-refractivity contribution is 6.09. The molecule has 154 valence electrons. The molecule has 0 saturated carbocycles. The normalized spacial score (nSPS) is 15.3. The van der Waals surface area contributed by atoms with Crippen molar-refractivity contribution in [3.8, 4) is 11.6 Å². The molecule has 0 spiro atoms. The number of ether oxygens (including phenoxy) is 1. The van der Waals surface area contributed by atoms with Gasteiger partial charge in [0.2, 0.25) is 5.88 Å². The summed E-state index contributed by atoms with van der Waals surface area (Å²) in [5, 5.41) is 3.57. The van der Waals surface area contributed by atoms with Crippen molar-refractivity contribution in [2.75, 3.05) is 16.8 Å². The highest BCUT2D eigenvalue weighted by atomic mass is 16.5. The summed E-state index contributed by atoms with van der Waals surface area (Å²) in [6, 6.07) is 15.7. The standard InChI is InChI=1S/C25H27N3O2/c1-5-19-15-28(23-14-18(4)17(3)13-22(23)27-19)25(29)21-7-6-12-26-24(21)30-20-10-8-16(2)9-11-20/h6-14,19,27H,5,15H2,1-4H3. The fourth-order valence-corrected chi connectivity index (χ4v) is 3.65. The van der Waals surface area contributed by atoms with Gasteiger partial charge >= 0.3 is 0 Å². The average Bonchev–Trinajstić information content (AvgIpc) is 2.75. The Bertz CT molecular complexity index is 1080. The summed E-state index contributed by atoms with van der Waals surface area (Å²) in [7, 11) is 0. The average molecular weight is 402 g/mol. The van der Waals surface area contributed by atoms with E-state index in [0.717, 1.165) is 28.9 Å². The fraction of sp³-hybridized carbons (Fsp3) is 0.280. The molecule has 1 N–H and O–H groups in total. The smallest absolute Gasteiger partial charge is 0.263 e. The Morgan fingerprint density at radius 3 is 2.60 bits per heavy atom. The first-order valence-electron chi connectivity index (χ1n) is 10.4. The number of nitrogens with one attached hydrogen (secondary N) is 1. The summed E-state index contributed by atoms with van der Waals surface area (Å²) in [6.07, 6.45) is 2.57. The van der Waals surface area contributed by atoms with Crippen LogP contribution < -0.4 is 15.0 Å². The largest absolute Gasteiger partial charge is 0.438 e. The van der Waals surface area contributed by atoms with Gasteiger partial charge in [0.15, 0.2) is 0 Å². The second-order valence-corrected chi connectivity index (χ2v) is 7.89. The molecule has 30 heavy (non-hydrogen) atoms. The monoisotopic (exact) mass is 401 g/mol. The Morgan fingerprint density at radius 1 is 1.13 bits per heavy atom. The molecule has 0 aliphatic carbocycles. The van der Waals surface area contributed by atoms with E-state index in [1.54, 1.807) is 18.3 Å². The van der Waals surface area contributed by atoms with Gasteiger partial charge in [-0.2, -0.15) is 0 Å². The van der Waals surface area contributed by atoms with Crippen LogP contribution in [0.1, 0.15) is 40.4 Å². The van der Waals surface area contributed by atoms with Gasteiger partial charge in [0.1, 0.15) is 11.3 Å².